The van der Waals surface area contributed by atoms with Crippen molar-refractivity contribution in [1.82, 2.24) is 9.97 Å². The molecule has 0 saturated heterocycles. The molecule has 0 spiro atoms. The van der Waals surface area contributed by atoms with E-state index in [0.717, 1.165) is 36.4 Å². The average molecular weight is 520 g/mol. The Kier molecular flexibility index (Phi) is 6.73. The van der Waals surface area contributed by atoms with Crippen molar-refractivity contribution >= 4 is 66.8 Å². The number of fused-ring (bicyclic) bond motifs is 1. The van der Waals surface area contributed by atoms with E-state index in [4.69, 9.17) is 16.3 Å². The fraction of sp³-hybridized carbons (Fsp3) is 0.136. The molecule has 0 bridgehead atoms. The molecule has 2 heterocycles. The SMILES string of the molecule is CC(Sc1ncnc2scc(-c3ccc(Br)cc3)c12)C(=O)OCc1ccccc1Cl. The van der Waals surface area contributed by atoms with Crippen LogP contribution in [-0.2, 0) is 16.1 Å². The lowest BCUT2D eigenvalue weighted by Crippen LogP contribution is -2.17. The number of rotatable bonds is 6. The van der Waals surface area contributed by atoms with Crippen molar-refractivity contribution in [2.45, 2.75) is 23.8 Å². The second-order valence-electron chi connectivity index (χ2n) is 6.47. The Morgan fingerprint density at radius 2 is 1.97 bits per heavy atom. The number of benzene rings is 2. The van der Waals surface area contributed by atoms with Crippen LogP contribution < -0.4 is 0 Å². The molecule has 8 heteroatoms. The fourth-order valence-corrected chi connectivity index (χ4v) is 5.24. The van der Waals surface area contributed by atoms with E-state index in [1.54, 1.807) is 17.4 Å². The second-order valence-corrected chi connectivity index (χ2v) is 9.98. The summed E-state index contributed by atoms with van der Waals surface area (Å²) >= 11 is 12.6. The second kappa shape index (κ2) is 9.47. The van der Waals surface area contributed by atoms with E-state index < -0.39 is 5.25 Å². The van der Waals surface area contributed by atoms with Gasteiger partial charge in [-0.3, -0.25) is 4.79 Å². The molecule has 0 saturated carbocycles. The number of nitrogens with zero attached hydrogens (tertiary/aromatic N) is 2. The van der Waals surface area contributed by atoms with Crippen LogP contribution in [0.15, 0.2) is 69.7 Å². The molecule has 0 N–H and O–H groups in total. The van der Waals surface area contributed by atoms with Gasteiger partial charge in [0, 0.05) is 26.0 Å². The first-order valence-electron chi connectivity index (χ1n) is 9.08. The summed E-state index contributed by atoms with van der Waals surface area (Å²) in [5.41, 5.74) is 2.92. The first kappa shape index (κ1) is 21.3. The Morgan fingerprint density at radius 3 is 2.73 bits per heavy atom. The van der Waals surface area contributed by atoms with Gasteiger partial charge in [-0.2, -0.15) is 0 Å². The molecule has 4 aromatic rings. The third kappa shape index (κ3) is 4.70. The molecule has 2 aromatic carbocycles. The Bertz CT molecular complexity index is 1200. The molecule has 0 fully saturated rings. The van der Waals surface area contributed by atoms with Crippen molar-refractivity contribution in [3.8, 4) is 11.1 Å². The number of carbonyl (C=O) groups excluding carboxylic acids is 1. The number of esters is 1. The largest absolute Gasteiger partial charge is 0.460 e. The summed E-state index contributed by atoms with van der Waals surface area (Å²) in [6.45, 7) is 1.96. The standard InChI is InChI=1S/C22H16BrClN2O2S2/c1-13(22(27)28-10-15-4-2-3-5-18(15)24)30-21-19-17(11-29-20(19)25-12-26-21)14-6-8-16(23)9-7-14/h2-9,11-13H,10H2,1H3. The van der Waals surface area contributed by atoms with Gasteiger partial charge in [0.15, 0.2) is 0 Å². The molecule has 152 valence electrons. The quantitative estimate of drug-likeness (QED) is 0.156. The summed E-state index contributed by atoms with van der Waals surface area (Å²) in [5, 5.41) is 3.96. The monoisotopic (exact) mass is 518 g/mol. The molecule has 2 aromatic heterocycles. The predicted octanol–water partition coefficient (Wildman–Crippen LogP) is 7.00. The summed E-state index contributed by atoms with van der Waals surface area (Å²) in [7, 11) is 0. The van der Waals surface area contributed by atoms with E-state index in [1.165, 1.54) is 18.1 Å². The maximum absolute atomic E-state index is 12.6. The van der Waals surface area contributed by atoms with Gasteiger partial charge in [0.2, 0.25) is 0 Å². The first-order valence-corrected chi connectivity index (χ1v) is 12.0. The molecule has 30 heavy (non-hydrogen) atoms. The van der Waals surface area contributed by atoms with Gasteiger partial charge in [0.25, 0.3) is 0 Å². The van der Waals surface area contributed by atoms with E-state index in [1.807, 2.05) is 49.4 Å². The van der Waals surface area contributed by atoms with Crippen LogP contribution in [0.1, 0.15) is 12.5 Å². The van der Waals surface area contributed by atoms with Crippen LogP contribution in [-0.4, -0.2) is 21.2 Å². The molecular weight excluding hydrogens is 504 g/mol. The zero-order valence-corrected chi connectivity index (χ0v) is 19.8. The van der Waals surface area contributed by atoms with Crippen LogP contribution in [0.25, 0.3) is 21.3 Å². The highest BCUT2D eigenvalue weighted by Gasteiger charge is 2.21. The molecule has 4 nitrogen and oxygen atoms in total. The van der Waals surface area contributed by atoms with Crippen molar-refractivity contribution in [2.24, 2.45) is 0 Å². The number of aromatic nitrogens is 2. The van der Waals surface area contributed by atoms with Crippen molar-refractivity contribution in [3.63, 3.8) is 0 Å². The van der Waals surface area contributed by atoms with Crippen LogP contribution in [0.3, 0.4) is 0 Å². The molecule has 0 amide bonds. The molecule has 0 aliphatic rings. The maximum atomic E-state index is 12.6. The van der Waals surface area contributed by atoms with Crippen LogP contribution in [0.5, 0.6) is 0 Å². The number of carbonyl (C=O) groups is 1. The van der Waals surface area contributed by atoms with Crippen molar-refractivity contribution in [2.75, 3.05) is 0 Å². The third-order valence-corrected chi connectivity index (χ3v) is 7.30. The minimum absolute atomic E-state index is 0.144. The molecule has 0 aliphatic heterocycles. The highest BCUT2D eigenvalue weighted by Crippen LogP contribution is 2.39. The summed E-state index contributed by atoms with van der Waals surface area (Å²) in [5.74, 6) is -0.313. The number of hydrogen-bond acceptors (Lipinski definition) is 6. The normalized spacial score (nSPS) is 12.1. The lowest BCUT2D eigenvalue weighted by molar-refractivity contribution is -0.143. The van der Waals surface area contributed by atoms with Gasteiger partial charge >= 0.3 is 5.97 Å². The lowest BCUT2D eigenvalue weighted by Gasteiger charge is -2.12. The zero-order chi connectivity index (χ0) is 21.1. The molecular formula is C22H16BrClN2O2S2. The average Bonchev–Trinajstić information content (AvgIpc) is 3.18. The highest BCUT2D eigenvalue weighted by atomic mass is 79.9. The van der Waals surface area contributed by atoms with Gasteiger partial charge in [-0.1, -0.05) is 69.6 Å². The minimum Gasteiger partial charge on any atom is -0.460 e. The van der Waals surface area contributed by atoms with Gasteiger partial charge in [0.05, 0.1) is 5.39 Å². The molecule has 0 aliphatic carbocycles. The van der Waals surface area contributed by atoms with Crippen LogP contribution >= 0.6 is 50.6 Å². The number of halogens is 2. The maximum Gasteiger partial charge on any atom is 0.319 e. The fourth-order valence-electron chi connectivity index (χ4n) is 2.88. The summed E-state index contributed by atoms with van der Waals surface area (Å²) in [6, 6.07) is 15.4. The van der Waals surface area contributed by atoms with Gasteiger partial charge in [0.1, 0.15) is 28.0 Å². The highest BCUT2D eigenvalue weighted by molar-refractivity contribution is 9.10. The number of ether oxygens (including phenoxy) is 1. The molecule has 1 atom stereocenters. The Balaban J connectivity index is 1.54. The third-order valence-electron chi connectivity index (χ3n) is 4.44. The number of thiophene rings is 1. The number of thioether (sulfide) groups is 1. The molecule has 0 radical (unpaired) electrons. The Hall–Kier alpha value is -1.93. The lowest BCUT2D eigenvalue weighted by atomic mass is 10.1. The number of hydrogen-bond donors (Lipinski definition) is 0. The van der Waals surface area contributed by atoms with E-state index in [2.05, 4.69) is 31.3 Å². The van der Waals surface area contributed by atoms with E-state index in [0.29, 0.717) is 5.02 Å². The van der Waals surface area contributed by atoms with Crippen LogP contribution in [0.4, 0.5) is 0 Å². The topological polar surface area (TPSA) is 52.1 Å². The smallest absolute Gasteiger partial charge is 0.319 e. The Labute approximate surface area is 195 Å². The summed E-state index contributed by atoms with van der Waals surface area (Å²) < 4.78 is 6.49. The summed E-state index contributed by atoms with van der Waals surface area (Å²) in [4.78, 5) is 22.3. The van der Waals surface area contributed by atoms with E-state index in [9.17, 15) is 4.79 Å². The van der Waals surface area contributed by atoms with Gasteiger partial charge in [-0.25, -0.2) is 9.97 Å². The predicted molar refractivity (Wildman–Crippen MR) is 127 cm³/mol. The van der Waals surface area contributed by atoms with Crippen LogP contribution in [0.2, 0.25) is 5.02 Å². The first-order chi connectivity index (χ1) is 14.5. The van der Waals surface area contributed by atoms with Gasteiger partial charge < -0.3 is 4.74 Å². The van der Waals surface area contributed by atoms with E-state index in [-0.39, 0.29) is 12.6 Å². The molecule has 1 unspecified atom stereocenters. The summed E-state index contributed by atoms with van der Waals surface area (Å²) in [6.07, 6.45) is 1.54. The molecule has 4 rings (SSSR count). The van der Waals surface area contributed by atoms with Gasteiger partial charge in [-0.15, -0.1) is 11.3 Å². The van der Waals surface area contributed by atoms with Gasteiger partial charge in [-0.05, 0) is 30.7 Å². The minimum atomic E-state index is -0.428. The zero-order valence-electron chi connectivity index (χ0n) is 15.8. The Morgan fingerprint density at radius 1 is 1.20 bits per heavy atom. The van der Waals surface area contributed by atoms with Crippen LogP contribution in [0, 0.1) is 0 Å². The van der Waals surface area contributed by atoms with E-state index >= 15 is 0 Å². The van der Waals surface area contributed by atoms with Crippen molar-refractivity contribution < 1.29 is 9.53 Å². The van der Waals surface area contributed by atoms with Crippen molar-refractivity contribution in [3.05, 3.63) is 75.3 Å². The van der Waals surface area contributed by atoms with Crippen molar-refractivity contribution in [1.29, 1.82) is 0 Å².